The third kappa shape index (κ3) is 14.6. The van der Waals surface area contributed by atoms with Gasteiger partial charge in [0.05, 0.1) is 6.10 Å². The fourth-order valence-corrected chi connectivity index (χ4v) is 3.99. The highest BCUT2D eigenvalue weighted by molar-refractivity contribution is 8.76. The molecular weight excluding hydrogens is 248 g/mol. The number of unbranched alkanes of at least 4 members (excludes halogenated alkanes) is 7. The van der Waals surface area contributed by atoms with Gasteiger partial charge in [-0.1, -0.05) is 80.4 Å². The maximum absolute atomic E-state index is 9.37. The summed E-state index contributed by atoms with van der Waals surface area (Å²) in [6, 6.07) is 0. The Morgan fingerprint density at radius 2 is 1.41 bits per heavy atom. The van der Waals surface area contributed by atoms with E-state index in [9.17, 15) is 5.11 Å². The molecule has 0 aromatic carbocycles. The molecule has 1 unspecified atom stereocenters. The van der Waals surface area contributed by atoms with Crippen molar-refractivity contribution in [2.45, 2.75) is 77.7 Å². The van der Waals surface area contributed by atoms with E-state index in [4.69, 9.17) is 0 Å². The van der Waals surface area contributed by atoms with E-state index >= 15 is 0 Å². The highest BCUT2D eigenvalue weighted by Crippen LogP contribution is 2.24. The highest BCUT2D eigenvalue weighted by Gasteiger charge is 2.00. The second-order valence-electron chi connectivity index (χ2n) is 4.64. The Labute approximate surface area is 116 Å². The Morgan fingerprint density at radius 3 is 2.00 bits per heavy atom. The molecule has 1 N–H and O–H groups in total. The highest BCUT2D eigenvalue weighted by atomic mass is 33.1. The van der Waals surface area contributed by atoms with Crippen LogP contribution < -0.4 is 0 Å². The minimum absolute atomic E-state index is 0.105. The van der Waals surface area contributed by atoms with Crippen molar-refractivity contribution >= 4 is 21.6 Å². The van der Waals surface area contributed by atoms with Crippen LogP contribution >= 0.6 is 21.6 Å². The molecule has 0 rings (SSSR count). The molecule has 3 heteroatoms. The SMILES string of the molecule is CCCCCCCCCCSSCC(O)CC. The van der Waals surface area contributed by atoms with Crippen molar-refractivity contribution in [2.24, 2.45) is 0 Å². The largest absolute Gasteiger partial charge is 0.392 e. The Morgan fingerprint density at radius 1 is 0.824 bits per heavy atom. The zero-order valence-electron chi connectivity index (χ0n) is 11.6. The summed E-state index contributed by atoms with van der Waals surface area (Å²) in [6.45, 7) is 4.30. The first kappa shape index (κ1) is 17.7. The first-order valence-corrected chi connectivity index (χ1v) is 9.72. The summed E-state index contributed by atoms with van der Waals surface area (Å²) in [7, 11) is 3.75. The molecule has 0 saturated carbocycles. The van der Waals surface area contributed by atoms with Gasteiger partial charge in [-0.05, 0) is 12.8 Å². The van der Waals surface area contributed by atoms with E-state index in [2.05, 4.69) is 6.92 Å². The van der Waals surface area contributed by atoms with Gasteiger partial charge in [-0.3, -0.25) is 0 Å². The summed E-state index contributed by atoms with van der Waals surface area (Å²) in [5.74, 6) is 2.13. The molecule has 0 amide bonds. The fraction of sp³-hybridized carbons (Fsp3) is 1.00. The van der Waals surface area contributed by atoms with Crippen LogP contribution in [0.3, 0.4) is 0 Å². The third-order valence-corrected chi connectivity index (χ3v) is 5.45. The molecule has 0 aliphatic rings. The minimum Gasteiger partial charge on any atom is -0.392 e. The van der Waals surface area contributed by atoms with Crippen molar-refractivity contribution in [3.63, 3.8) is 0 Å². The Bertz CT molecular complexity index is 142. The number of hydrogen-bond donors (Lipinski definition) is 1. The normalized spacial score (nSPS) is 12.9. The molecule has 0 aromatic rings. The number of aliphatic hydroxyl groups excluding tert-OH is 1. The van der Waals surface area contributed by atoms with Crippen molar-refractivity contribution in [3.05, 3.63) is 0 Å². The summed E-state index contributed by atoms with van der Waals surface area (Å²) in [6.07, 6.45) is 11.9. The van der Waals surface area contributed by atoms with E-state index in [1.54, 1.807) is 0 Å². The quantitative estimate of drug-likeness (QED) is 0.365. The maximum atomic E-state index is 9.37. The lowest BCUT2D eigenvalue weighted by Gasteiger charge is -2.06. The van der Waals surface area contributed by atoms with Gasteiger partial charge in [-0.25, -0.2) is 0 Å². The van der Waals surface area contributed by atoms with E-state index < -0.39 is 0 Å². The Balaban J connectivity index is 2.94. The predicted octanol–water partition coefficient (Wildman–Crippen LogP) is 5.28. The smallest absolute Gasteiger partial charge is 0.0636 e. The lowest BCUT2D eigenvalue weighted by atomic mass is 10.1. The van der Waals surface area contributed by atoms with Crippen LogP contribution in [-0.4, -0.2) is 22.7 Å². The van der Waals surface area contributed by atoms with E-state index in [-0.39, 0.29) is 6.10 Å². The average Bonchev–Trinajstić information content (AvgIpc) is 2.35. The van der Waals surface area contributed by atoms with E-state index in [0.29, 0.717) is 0 Å². The van der Waals surface area contributed by atoms with Gasteiger partial charge in [0.15, 0.2) is 0 Å². The second kappa shape index (κ2) is 14.7. The molecule has 104 valence electrons. The number of rotatable bonds is 13. The van der Waals surface area contributed by atoms with Gasteiger partial charge >= 0.3 is 0 Å². The molecular formula is C14H30OS2. The summed E-state index contributed by atoms with van der Waals surface area (Å²) >= 11 is 0. The van der Waals surface area contributed by atoms with Crippen molar-refractivity contribution in [2.75, 3.05) is 11.5 Å². The van der Waals surface area contributed by atoms with Crippen molar-refractivity contribution < 1.29 is 5.11 Å². The molecule has 0 bridgehead atoms. The van der Waals surface area contributed by atoms with Gasteiger partial charge in [0, 0.05) is 11.5 Å². The van der Waals surface area contributed by atoms with Gasteiger partial charge in [0.2, 0.25) is 0 Å². The molecule has 17 heavy (non-hydrogen) atoms. The van der Waals surface area contributed by atoms with Crippen molar-refractivity contribution in [3.8, 4) is 0 Å². The second-order valence-corrected chi connectivity index (χ2v) is 7.27. The third-order valence-electron chi connectivity index (χ3n) is 2.90. The van der Waals surface area contributed by atoms with Gasteiger partial charge in [-0.2, -0.15) is 0 Å². The zero-order chi connectivity index (χ0) is 12.8. The van der Waals surface area contributed by atoms with Crippen LogP contribution in [-0.2, 0) is 0 Å². The van der Waals surface area contributed by atoms with E-state index in [1.165, 1.54) is 57.1 Å². The van der Waals surface area contributed by atoms with Gasteiger partial charge in [0.25, 0.3) is 0 Å². The van der Waals surface area contributed by atoms with Crippen molar-refractivity contribution in [1.29, 1.82) is 0 Å². The topological polar surface area (TPSA) is 20.2 Å². The molecule has 0 spiro atoms. The van der Waals surface area contributed by atoms with Gasteiger partial charge in [0.1, 0.15) is 0 Å². The number of hydrogen-bond acceptors (Lipinski definition) is 3. The molecule has 0 aliphatic heterocycles. The standard InChI is InChI=1S/C14H30OS2/c1-3-5-6-7-8-9-10-11-12-16-17-13-14(15)4-2/h14-15H,3-13H2,1-2H3. The Kier molecular flexibility index (Phi) is 15.3. The first-order chi connectivity index (χ1) is 8.31. The first-order valence-electron chi connectivity index (χ1n) is 7.23. The molecule has 0 aliphatic carbocycles. The van der Waals surface area contributed by atoms with Crippen LogP contribution in [0.25, 0.3) is 0 Å². The van der Waals surface area contributed by atoms with Crippen LogP contribution in [0.4, 0.5) is 0 Å². The fourth-order valence-electron chi connectivity index (χ4n) is 1.60. The molecule has 0 saturated heterocycles. The van der Waals surface area contributed by atoms with Gasteiger partial charge in [-0.15, -0.1) is 0 Å². The minimum atomic E-state index is -0.105. The number of aliphatic hydroxyl groups is 1. The molecule has 0 fully saturated rings. The summed E-state index contributed by atoms with van der Waals surface area (Å²) < 4.78 is 0. The monoisotopic (exact) mass is 278 g/mol. The van der Waals surface area contributed by atoms with Crippen LogP contribution in [0, 0.1) is 0 Å². The van der Waals surface area contributed by atoms with Gasteiger partial charge < -0.3 is 5.11 Å². The summed E-state index contributed by atoms with van der Waals surface area (Å²) in [5, 5.41) is 9.37. The molecule has 0 aromatic heterocycles. The molecule has 1 atom stereocenters. The van der Waals surface area contributed by atoms with E-state index in [1.807, 2.05) is 28.5 Å². The lowest BCUT2D eigenvalue weighted by molar-refractivity contribution is 0.195. The summed E-state index contributed by atoms with van der Waals surface area (Å²) in [5.41, 5.74) is 0. The van der Waals surface area contributed by atoms with E-state index in [0.717, 1.165) is 12.2 Å². The molecule has 0 heterocycles. The average molecular weight is 279 g/mol. The van der Waals surface area contributed by atoms with Crippen LogP contribution in [0.2, 0.25) is 0 Å². The van der Waals surface area contributed by atoms with Crippen LogP contribution in [0.15, 0.2) is 0 Å². The van der Waals surface area contributed by atoms with Crippen LogP contribution in [0.1, 0.15) is 71.6 Å². The van der Waals surface area contributed by atoms with Crippen LogP contribution in [0.5, 0.6) is 0 Å². The lowest BCUT2D eigenvalue weighted by Crippen LogP contribution is -2.06. The summed E-state index contributed by atoms with van der Waals surface area (Å²) in [4.78, 5) is 0. The molecule has 0 radical (unpaired) electrons. The maximum Gasteiger partial charge on any atom is 0.0636 e. The molecule has 1 nitrogen and oxygen atoms in total. The zero-order valence-corrected chi connectivity index (χ0v) is 13.3. The Hall–Kier alpha value is 0.660. The van der Waals surface area contributed by atoms with Crippen molar-refractivity contribution in [1.82, 2.24) is 0 Å². The predicted molar refractivity (Wildman–Crippen MR) is 83.8 cm³/mol.